The fraction of sp³-hybridized carbons (Fsp3) is 0.286. The molecule has 0 radical (unpaired) electrons. The predicted octanol–water partition coefficient (Wildman–Crippen LogP) is 2.80. The van der Waals surface area contributed by atoms with E-state index in [0.717, 1.165) is 6.20 Å². The summed E-state index contributed by atoms with van der Waals surface area (Å²) in [5, 5.41) is 9.19. The summed E-state index contributed by atoms with van der Waals surface area (Å²) in [4.78, 5) is 3.60. The molecule has 1 aromatic heterocycles. The van der Waals surface area contributed by atoms with E-state index in [0.29, 0.717) is 5.69 Å². The molecule has 0 saturated heterocycles. The summed E-state index contributed by atoms with van der Waals surface area (Å²) in [6, 6.07) is 0. The Morgan fingerprint density at radius 2 is 2.17 bits per heavy atom. The van der Waals surface area contributed by atoms with Gasteiger partial charge in [0, 0.05) is 6.20 Å². The molecule has 0 aromatic carbocycles. The molecule has 0 aliphatic rings. The van der Waals surface area contributed by atoms with Gasteiger partial charge in [0.2, 0.25) is 0 Å². The number of pyridine rings is 1. The first kappa shape index (κ1) is 9.38. The van der Waals surface area contributed by atoms with Crippen LogP contribution in [0.4, 0.5) is 8.78 Å². The minimum Gasteiger partial charge on any atom is -0.505 e. The van der Waals surface area contributed by atoms with Crippen molar-refractivity contribution >= 4 is 15.9 Å². The molecular weight excluding hydrogens is 232 g/mol. The van der Waals surface area contributed by atoms with E-state index in [-0.39, 0.29) is 15.8 Å². The zero-order valence-electron chi connectivity index (χ0n) is 6.18. The van der Waals surface area contributed by atoms with Gasteiger partial charge in [-0.3, -0.25) is 4.98 Å². The summed E-state index contributed by atoms with van der Waals surface area (Å²) in [7, 11) is 0. The van der Waals surface area contributed by atoms with Gasteiger partial charge in [-0.05, 0) is 22.9 Å². The molecule has 0 fully saturated rings. The van der Waals surface area contributed by atoms with Crippen molar-refractivity contribution in [3.63, 3.8) is 0 Å². The van der Waals surface area contributed by atoms with Gasteiger partial charge >= 0.3 is 0 Å². The first-order chi connectivity index (χ1) is 5.54. The monoisotopic (exact) mass is 237 g/mol. The van der Waals surface area contributed by atoms with Crippen molar-refractivity contribution in [3.05, 3.63) is 21.9 Å². The van der Waals surface area contributed by atoms with Crippen molar-refractivity contribution in [1.29, 1.82) is 0 Å². The van der Waals surface area contributed by atoms with E-state index in [1.165, 1.54) is 6.92 Å². The lowest BCUT2D eigenvalue weighted by atomic mass is 10.2. The van der Waals surface area contributed by atoms with E-state index >= 15 is 0 Å². The lowest BCUT2D eigenvalue weighted by Gasteiger charge is -2.05. The number of aromatic hydroxyl groups is 1. The number of aryl methyl sites for hydroxylation is 1. The zero-order valence-corrected chi connectivity index (χ0v) is 7.77. The van der Waals surface area contributed by atoms with Gasteiger partial charge in [-0.15, -0.1) is 0 Å². The van der Waals surface area contributed by atoms with Crippen LogP contribution in [0, 0.1) is 6.92 Å². The van der Waals surface area contributed by atoms with Gasteiger partial charge in [0.1, 0.15) is 0 Å². The lowest BCUT2D eigenvalue weighted by molar-refractivity contribution is 0.149. The van der Waals surface area contributed by atoms with Crippen LogP contribution in [0.1, 0.15) is 17.7 Å². The number of nitrogens with zero attached hydrogens (tertiary/aromatic N) is 1. The van der Waals surface area contributed by atoms with Gasteiger partial charge in [0.15, 0.2) is 5.75 Å². The Balaban J connectivity index is 3.27. The van der Waals surface area contributed by atoms with Crippen molar-refractivity contribution in [2.75, 3.05) is 0 Å². The minimum absolute atomic E-state index is 0.0185. The van der Waals surface area contributed by atoms with Crippen LogP contribution in [0.5, 0.6) is 5.75 Å². The zero-order chi connectivity index (χ0) is 9.30. The Kier molecular flexibility index (Phi) is 2.62. The molecule has 5 heteroatoms. The van der Waals surface area contributed by atoms with E-state index in [1.54, 1.807) is 0 Å². The van der Waals surface area contributed by atoms with Crippen LogP contribution >= 0.6 is 15.9 Å². The van der Waals surface area contributed by atoms with Crippen molar-refractivity contribution in [2.24, 2.45) is 0 Å². The predicted molar refractivity (Wildman–Crippen MR) is 43.3 cm³/mol. The first-order valence-electron chi connectivity index (χ1n) is 3.16. The molecule has 0 atom stereocenters. The van der Waals surface area contributed by atoms with Crippen LogP contribution in [0.3, 0.4) is 0 Å². The Bertz CT molecular complexity index is 304. The molecule has 0 bridgehead atoms. The third-order valence-electron chi connectivity index (χ3n) is 1.44. The number of rotatable bonds is 1. The fourth-order valence-electron chi connectivity index (χ4n) is 0.732. The summed E-state index contributed by atoms with van der Waals surface area (Å²) >= 11 is 2.86. The highest BCUT2D eigenvalue weighted by atomic mass is 79.9. The Labute approximate surface area is 76.4 Å². The largest absolute Gasteiger partial charge is 0.505 e. The second-order valence-electron chi connectivity index (χ2n) is 2.26. The second-order valence-corrected chi connectivity index (χ2v) is 3.06. The highest BCUT2D eigenvalue weighted by molar-refractivity contribution is 9.10. The third-order valence-corrected chi connectivity index (χ3v) is 2.27. The highest BCUT2D eigenvalue weighted by Crippen LogP contribution is 2.34. The summed E-state index contributed by atoms with van der Waals surface area (Å²) in [5.41, 5.74) is 0.0318. The SMILES string of the molecule is Cc1ncc(C(F)F)c(Br)c1O. The molecule has 0 aliphatic carbocycles. The number of halogens is 3. The summed E-state index contributed by atoms with van der Waals surface area (Å²) in [6.07, 6.45) is -1.58. The van der Waals surface area contributed by atoms with Gasteiger partial charge < -0.3 is 5.11 Å². The Hall–Kier alpha value is -0.710. The summed E-state index contributed by atoms with van der Waals surface area (Å²) < 4.78 is 24.3. The molecule has 1 rings (SSSR count). The molecule has 12 heavy (non-hydrogen) atoms. The van der Waals surface area contributed by atoms with Crippen LogP contribution in [0.15, 0.2) is 10.7 Å². The summed E-state index contributed by atoms with van der Waals surface area (Å²) in [6.45, 7) is 1.54. The van der Waals surface area contributed by atoms with Crippen LogP contribution in [-0.2, 0) is 0 Å². The Morgan fingerprint density at radius 3 is 2.67 bits per heavy atom. The smallest absolute Gasteiger partial charge is 0.266 e. The average molecular weight is 238 g/mol. The minimum atomic E-state index is -2.63. The molecule has 0 spiro atoms. The molecular formula is C7H6BrF2NO. The topological polar surface area (TPSA) is 33.1 Å². The van der Waals surface area contributed by atoms with Crippen molar-refractivity contribution in [2.45, 2.75) is 13.3 Å². The molecule has 0 amide bonds. The van der Waals surface area contributed by atoms with Crippen molar-refractivity contribution in [1.82, 2.24) is 4.98 Å². The fourth-order valence-corrected chi connectivity index (χ4v) is 1.29. The standard InChI is InChI=1S/C7H6BrF2NO/c1-3-6(12)5(8)4(2-11-3)7(9)10/h2,7,12H,1H3. The quantitative estimate of drug-likeness (QED) is 0.815. The molecule has 1 heterocycles. The first-order valence-corrected chi connectivity index (χ1v) is 3.95. The van der Waals surface area contributed by atoms with Crippen LogP contribution < -0.4 is 0 Å². The van der Waals surface area contributed by atoms with Crippen molar-refractivity contribution in [3.8, 4) is 5.75 Å². The normalized spacial score (nSPS) is 10.8. The van der Waals surface area contributed by atoms with Gasteiger partial charge in [0.25, 0.3) is 6.43 Å². The van der Waals surface area contributed by atoms with Crippen LogP contribution in [-0.4, -0.2) is 10.1 Å². The maximum Gasteiger partial charge on any atom is 0.266 e. The van der Waals surface area contributed by atoms with Gasteiger partial charge in [-0.1, -0.05) is 0 Å². The highest BCUT2D eigenvalue weighted by Gasteiger charge is 2.16. The van der Waals surface area contributed by atoms with Gasteiger partial charge in [-0.25, -0.2) is 8.78 Å². The molecule has 0 aliphatic heterocycles. The molecule has 0 unspecified atom stereocenters. The van der Waals surface area contributed by atoms with Crippen LogP contribution in [0.25, 0.3) is 0 Å². The molecule has 2 nitrogen and oxygen atoms in total. The van der Waals surface area contributed by atoms with E-state index < -0.39 is 6.43 Å². The summed E-state index contributed by atoms with van der Waals surface area (Å²) in [5.74, 6) is -0.229. The molecule has 0 saturated carbocycles. The van der Waals surface area contributed by atoms with Gasteiger partial charge in [0.05, 0.1) is 15.7 Å². The third kappa shape index (κ3) is 1.55. The number of alkyl halides is 2. The van der Waals surface area contributed by atoms with Crippen molar-refractivity contribution < 1.29 is 13.9 Å². The van der Waals surface area contributed by atoms with Crippen LogP contribution in [0.2, 0.25) is 0 Å². The average Bonchev–Trinajstić information content (AvgIpc) is 2.00. The second kappa shape index (κ2) is 3.35. The molecule has 1 N–H and O–H groups in total. The van der Waals surface area contributed by atoms with Gasteiger partial charge in [-0.2, -0.15) is 0 Å². The lowest BCUT2D eigenvalue weighted by Crippen LogP contribution is -1.91. The Morgan fingerprint density at radius 1 is 1.58 bits per heavy atom. The van der Waals surface area contributed by atoms with E-state index in [1.807, 2.05) is 0 Å². The van der Waals surface area contributed by atoms with E-state index in [4.69, 9.17) is 0 Å². The number of hydrogen-bond acceptors (Lipinski definition) is 2. The molecule has 66 valence electrons. The number of aromatic nitrogens is 1. The van der Waals surface area contributed by atoms with E-state index in [2.05, 4.69) is 20.9 Å². The molecule has 1 aromatic rings. The maximum atomic E-state index is 12.2. The maximum absolute atomic E-state index is 12.2. The van der Waals surface area contributed by atoms with E-state index in [9.17, 15) is 13.9 Å². The number of hydrogen-bond donors (Lipinski definition) is 1.